The van der Waals surface area contributed by atoms with Gasteiger partial charge in [-0.1, -0.05) is 103 Å². The molecule has 0 saturated carbocycles. The van der Waals surface area contributed by atoms with E-state index < -0.39 is 0 Å². The standard InChI is InChI=1S/C20H36/c1-3-5-7-9-11-13-15-17-19-20-18-16-14-12-10-8-6-4-2/h5,7,9H,1,4,6,8,10-20H2,2H3. The summed E-state index contributed by atoms with van der Waals surface area (Å²) in [7, 11) is 0. The van der Waals surface area contributed by atoms with E-state index in [1.165, 1.54) is 89.9 Å². The van der Waals surface area contributed by atoms with Gasteiger partial charge in [0.25, 0.3) is 0 Å². The SMILES string of the molecule is C=C=CC=CCCCCCCCCCCCCCCC. The fraction of sp³-hybridized carbons (Fsp3) is 0.750. The molecule has 0 saturated heterocycles. The van der Waals surface area contributed by atoms with Crippen LogP contribution in [0.1, 0.15) is 96.8 Å². The average Bonchev–Trinajstić information content (AvgIpc) is 2.47. The largest absolute Gasteiger partial charge is 0.129 e. The molecule has 0 aliphatic rings. The van der Waals surface area contributed by atoms with Crippen LogP contribution in [0.15, 0.2) is 30.5 Å². The zero-order valence-electron chi connectivity index (χ0n) is 13.8. The first-order valence-corrected chi connectivity index (χ1v) is 8.92. The molecule has 0 N–H and O–H groups in total. The quantitative estimate of drug-likeness (QED) is 0.166. The molecule has 116 valence electrons. The van der Waals surface area contributed by atoms with Crippen molar-refractivity contribution in [2.24, 2.45) is 0 Å². The summed E-state index contributed by atoms with van der Waals surface area (Å²) in [4.78, 5) is 0. The van der Waals surface area contributed by atoms with Gasteiger partial charge in [0.2, 0.25) is 0 Å². The summed E-state index contributed by atoms with van der Waals surface area (Å²) in [5.41, 5.74) is 2.76. The van der Waals surface area contributed by atoms with Gasteiger partial charge in [-0.05, 0) is 18.9 Å². The maximum Gasteiger partial charge on any atom is -0.0209 e. The van der Waals surface area contributed by atoms with E-state index in [2.05, 4.69) is 25.3 Å². The normalized spacial score (nSPS) is 10.8. The predicted octanol–water partition coefficient (Wildman–Crippen LogP) is 7.37. The van der Waals surface area contributed by atoms with Crippen molar-refractivity contribution >= 4 is 0 Å². The Morgan fingerprint density at radius 1 is 0.700 bits per heavy atom. The highest BCUT2D eigenvalue weighted by atomic mass is 14.0. The van der Waals surface area contributed by atoms with Crippen LogP contribution in [0.5, 0.6) is 0 Å². The summed E-state index contributed by atoms with van der Waals surface area (Å²) >= 11 is 0. The van der Waals surface area contributed by atoms with Gasteiger partial charge in [-0.3, -0.25) is 0 Å². The Bertz CT molecular complexity index is 243. The number of rotatable bonds is 15. The highest BCUT2D eigenvalue weighted by molar-refractivity contribution is 4.99. The Morgan fingerprint density at radius 2 is 1.15 bits per heavy atom. The molecule has 0 amide bonds. The summed E-state index contributed by atoms with van der Waals surface area (Å²) in [6.07, 6.45) is 25.9. The maximum atomic E-state index is 3.54. The third kappa shape index (κ3) is 17.3. The molecule has 0 bridgehead atoms. The van der Waals surface area contributed by atoms with Gasteiger partial charge in [0, 0.05) is 0 Å². The van der Waals surface area contributed by atoms with Gasteiger partial charge in [0.15, 0.2) is 0 Å². The molecule has 0 aromatic heterocycles. The minimum atomic E-state index is 1.20. The smallest absolute Gasteiger partial charge is 0.0209 e. The molecule has 0 aliphatic carbocycles. The number of unbranched alkanes of at least 4 members (excludes halogenated alkanes) is 13. The molecule has 0 aliphatic heterocycles. The Balaban J connectivity index is 3.01. The Morgan fingerprint density at radius 3 is 1.60 bits per heavy atom. The van der Waals surface area contributed by atoms with Gasteiger partial charge < -0.3 is 0 Å². The van der Waals surface area contributed by atoms with E-state index in [1.807, 2.05) is 12.2 Å². The van der Waals surface area contributed by atoms with Gasteiger partial charge in [-0.25, -0.2) is 0 Å². The van der Waals surface area contributed by atoms with Crippen LogP contribution >= 0.6 is 0 Å². The maximum absolute atomic E-state index is 3.54. The minimum Gasteiger partial charge on any atom is -0.129 e. The molecule has 0 unspecified atom stereocenters. The molecule has 0 aromatic carbocycles. The van der Waals surface area contributed by atoms with Crippen molar-refractivity contribution in [3.8, 4) is 0 Å². The van der Waals surface area contributed by atoms with Gasteiger partial charge >= 0.3 is 0 Å². The third-order valence-electron chi connectivity index (χ3n) is 3.82. The topological polar surface area (TPSA) is 0 Å². The van der Waals surface area contributed by atoms with Crippen molar-refractivity contribution in [2.75, 3.05) is 0 Å². The lowest BCUT2D eigenvalue weighted by Crippen LogP contribution is -1.82. The van der Waals surface area contributed by atoms with Crippen molar-refractivity contribution in [1.29, 1.82) is 0 Å². The van der Waals surface area contributed by atoms with Crippen LogP contribution in [-0.2, 0) is 0 Å². The lowest BCUT2D eigenvalue weighted by atomic mass is 10.0. The lowest BCUT2D eigenvalue weighted by molar-refractivity contribution is 0.540. The molecule has 20 heavy (non-hydrogen) atoms. The van der Waals surface area contributed by atoms with Crippen molar-refractivity contribution < 1.29 is 0 Å². The zero-order chi connectivity index (χ0) is 14.7. The van der Waals surface area contributed by atoms with Gasteiger partial charge in [0.05, 0.1) is 0 Å². The first-order valence-electron chi connectivity index (χ1n) is 8.92. The molecule has 0 atom stereocenters. The zero-order valence-corrected chi connectivity index (χ0v) is 13.8. The molecule has 0 nitrogen and oxygen atoms in total. The summed E-state index contributed by atoms with van der Waals surface area (Å²) in [5, 5.41) is 0. The second-order valence-corrected chi connectivity index (χ2v) is 5.83. The fourth-order valence-corrected chi connectivity index (χ4v) is 2.51. The van der Waals surface area contributed by atoms with E-state index in [9.17, 15) is 0 Å². The molecule has 0 rings (SSSR count). The summed E-state index contributed by atoms with van der Waals surface area (Å²) in [5.74, 6) is 0. The Hall–Kier alpha value is -0.740. The molecule has 0 fully saturated rings. The Labute approximate surface area is 128 Å². The van der Waals surface area contributed by atoms with Gasteiger partial charge in [-0.2, -0.15) is 0 Å². The van der Waals surface area contributed by atoms with Crippen LogP contribution in [0.25, 0.3) is 0 Å². The van der Waals surface area contributed by atoms with E-state index >= 15 is 0 Å². The second-order valence-electron chi connectivity index (χ2n) is 5.83. The molecule has 0 heteroatoms. The molecular formula is C20H36. The van der Waals surface area contributed by atoms with Gasteiger partial charge in [-0.15, -0.1) is 5.73 Å². The van der Waals surface area contributed by atoms with Crippen molar-refractivity contribution in [2.45, 2.75) is 96.8 Å². The molecular weight excluding hydrogens is 240 g/mol. The summed E-state index contributed by atoms with van der Waals surface area (Å²) < 4.78 is 0. The second kappa shape index (κ2) is 18.3. The predicted molar refractivity (Wildman–Crippen MR) is 93.2 cm³/mol. The van der Waals surface area contributed by atoms with Crippen molar-refractivity contribution in [3.05, 3.63) is 30.5 Å². The highest BCUT2D eigenvalue weighted by Gasteiger charge is 1.93. The molecule has 0 spiro atoms. The van der Waals surface area contributed by atoms with E-state index in [0.29, 0.717) is 0 Å². The molecule has 0 aromatic rings. The van der Waals surface area contributed by atoms with E-state index in [4.69, 9.17) is 0 Å². The summed E-state index contributed by atoms with van der Waals surface area (Å²) in [6, 6.07) is 0. The highest BCUT2D eigenvalue weighted by Crippen LogP contribution is 2.12. The molecule has 0 heterocycles. The van der Waals surface area contributed by atoms with Crippen LogP contribution in [0, 0.1) is 0 Å². The first kappa shape index (κ1) is 19.3. The van der Waals surface area contributed by atoms with Crippen LogP contribution in [0.3, 0.4) is 0 Å². The minimum absolute atomic E-state index is 1.20. The van der Waals surface area contributed by atoms with E-state index in [1.54, 1.807) is 0 Å². The number of allylic oxidation sites excluding steroid dienone is 3. The Kier molecular flexibility index (Phi) is 17.6. The van der Waals surface area contributed by atoms with Crippen LogP contribution < -0.4 is 0 Å². The lowest BCUT2D eigenvalue weighted by Gasteiger charge is -2.02. The van der Waals surface area contributed by atoms with Crippen LogP contribution in [-0.4, -0.2) is 0 Å². The number of hydrogen-bond acceptors (Lipinski definition) is 0. The average molecular weight is 277 g/mol. The number of hydrogen-bond donors (Lipinski definition) is 0. The van der Waals surface area contributed by atoms with Crippen LogP contribution in [0.4, 0.5) is 0 Å². The monoisotopic (exact) mass is 276 g/mol. The van der Waals surface area contributed by atoms with E-state index in [-0.39, 0.29) is 0 Å². The third-order valence-corrected chi connectivity index (χ3v) is 3.82. The van der Waals surface area contributed by atoms with E-state index in [0.717, 1.165) is 0 Å². The summed E-state index contributed by atoms with van der Waals surface area (Å²) in [6.45, 7) is 5.82. The van der Waals surface area contributed by atoms with Crippen molar-refractivity contribution in [1.82, 2.24) is 0 Å². The van der Waals surface area contributed by atoms with Crippen LogP contribution in [0.2, 0.25) is 0 Å². The molecule has 0 radical (unpaired) electrons. The first-order chi connectivity index (χ1) is 9.91. The van der Waals surface area contributed by atoms with Crippen molar-refractivity contribution in [3.63, 3.8) is 0 Å². The fourth-order valence-electron chi connectivity index (χ4n) is 2.51. The van der Waals surface area contributed by atoms with Gasteiger partial charge in [0.1, 0.15) is 0 Å².